The predicted molar refractivity (Wildman–Crippen MR) is 104 cm³/mol. The Morgan fingerprint density at radius 2 is 2.11 bits per heavy atom. The summed E-state index contributed by atoms with van der Waals surface area (Å²) in [5, 5.41) is 11.2. The number of para-hydroxylation sites is 1. The molecular weight excluding hydrogens is 338 g/mol. The Morgan fingerprint density at radius 1 is 1.26 bits per heavy atom. The number of fused-ring (bicyclic) bond motifs is 1. The molecule has 1 aromatic carbocycles. The van der Waals surface area contributed by atoms with E-state index in [1.807, 2.05) is 30.5 Å². The number of amides is 1. The Bertz CT molecular complexity index is 915. The van der Waals surface area contributed by atoms with Crippen LogP contribution in [0.25, 0.3) is 11.4 Å². The molecule has 3 heterocycles. The second-order valence-corrected chi connectivity index (χ2v) is 7.16. The highest BCUT2D eigenvalue weighted by molar-refractivity contribution is 5.94. The van der Waals surface area contributed by atoms with Crippen molar-refractivity contribution in [1.29, 1.82) is 0 Å². The lowest BCUT2D eigenvalue weighted by molar-refractivity contribution is -0.116. The fourth-order valence-electron chi connectivity index (χ4n) is 3.63. The van der Waals surface area contributed by atoms with Crippen LogP contribution in [0.15, 0.2) is 40.7 Å². The van der Waals surface area contributed by atoms with E-state index in [1.54, 1.807) is 0 Å². The molecule has 0 aliphatic carbocycles. The number of hydrogen-bond donors (Lipinski definition) is 1. The highest BCUT2D eigenvalue weighted by Gasteiger charge is 2.39. The summed E-state index contributed by atoms with van der Waals surface area (Å²) in [6.45, 7) is 0.980. The van der Waals surface area contributed by atoms with Gasteiger partial charge < -0.3 is 9.88 Å². The minimum atomic E-state index is -0.425. The highest BCUT2D eigenvalue weighted by atomic mass is 16.1. The third-order valence-electron chi connectivity index (χ3n) is 5.25. The van der Waals surface area contributed by atoms with Gasteiger partial charge in [0.1, 0.15) is 5.82 Å². The Balaban J connectivity index is 1.45. The number of rotatable bonds is 7. The maximum Gasteiger partial charge on any atom is 0.224 e. The Hall–Kier alpha value is -2.94. The third kappa shape index (κ3) is 3.77. The quantitative estimate of drug-likeness (QED) is 0.752. The van der Waals surface area contributed by atoms with Crippen molar-refractivity contribution in [3.05, 3.63) is 36.2 Å². The Morgan fingerprint density at radius 3 is 2.93 bits per heavy atom. The smallest absolute Gasteiger partial charge is 0.224 e. The van der Waals surface area contributed by atoms with E-state index in [4.69, 9.17) is 6.42 Å². The molecule has 2 aliphatic heterocycles. The van der Waals surface area contributed by atoms with Crippen LogP contribution in [-0.2, 0) is 17.8 Å². The molecule has 0 unspecified atom stereocenters. The molecule has 138 valence electrons. The summed E-state index contributed by atoms with van der Waals surface area (Å²) in [6, 6.07) is 7.85. The average Bonchev–Trinajstić information content (AvgIpc) is 3.35. The molecule has 0 fully saturated rings. The summed E-state index contributed by atoms with van der Waals surface area (Å²) < 4.78 is 2.27. The molecule has 6 nitrogen and oxygen atoms in total. The van der Waals surface area contributed by atoms with Crippen molar-refractivity contribution in [3.8, 4) is 23.7 Å². The SMILES string of the molecule is C#CCCC1(CCC(=O)Nc2ccccc2-c2ncc3n2CCCC3)N=N1. The average molecular weight is 361 g/mol. The van der Waals surface area contributed by atoms with Crippen LogP contribution in [0.1, 0.15) is 44.2 Å². The summed E-state index contributed by atoms with van der Waals surface area (Å²) in [5.41, 5.74) is 2.60. The molecule has 1 N–H and O–H groups in total. The summed E-state index contributed by atoms with van der Waals surface area (Å²) in [6.07, 6.45) is 13.0. The van der Waals surface area contributed by atoms with Gasteiger partial charge in [-0.15, -0.1) is 12.3 Å². The zero-order valence-corrected chi connectivity index (χ0v) is 15.3. The van der Waals surface area contributed by atoms with Crippen molar-refractivity contribution in [3.63, 3.8) is 0 Å². The Kier molecular flexibility index (Phi) is 4.76. The number of aromatic nitrogens is 2. The molecule has 0 saturated heterocycles. The van der Waals surface area contributed by atoms with Gasteiger partial charge in [-0.2, -0.15) is 10.2 Å². The van der Waals surface area contributed by atoms with Crippen LogP contribution in [0.4, 0.5) is 5.69 Å². The van der Waals surface area contributed by atoms with Crippen LogP contribution in [0.3, 0.4) is 0 Å². The monoisotopic (exact) mass is 361 g/mol. The fourth-order valence-corrected chi connectivity index (χ4v) is 3.63. The van der Waals surface area contributed by atoms with Crippen molar-refractivity contribution in [2.45, 2.75) is 57.2 Å². The molecule has 27 heavy (non-hydrogen) atoms. The van der Waals surface area contributed by atoms with E-state index in [-0.39, 0.29) is 5.91 Å². The molecule has 2 aromatic rings. The van der Waals surface area contributed by atoms with Crippen LogP contribution in [0, 0.1) is 12.3 Å². The lowest BCUT2D eigenvalue weighted by Gasteiger charge is -2.18. The van der Waals surface area contributed by atoms with E-state index < -0.39 is 5.66 Å². The first kappa shape index (κ1) is 17.5. The fraction of sp³-hybridized carbons (Fsp3) is 0.429. The van der Waals surface area contributed by atoms with Crippen molar-refractivity contribution in [2.75, 3.05) is 5.32 Å². The van der Waals surface area contributed by atoms with Gasteiger partial charge in [0.2, 0.25) is 5.91 Å². The highest BCUT2D eigenvalue weighted by Crippen LogP contribution is 2.38. The lowest BCUT2D eigenvalue weighted by Crippen LogP contribution is -2.18. The molecule has 4 rings (SSSR count). The molecule has 1 amide bonds. The number of nitrogens with one attached hydrogen (secondary N) is 1. The van der Waals surface area contributed by atoms with Crippen molar-refractivity contribution < 1.29 is 4.79 Å². The first-order valence-corrected chi connectivity index (χ1v) is 9.52. The second-order valence-electron chi connectivity index (χ2n) is 7.16. The molecule has 0 radical (unpaired) electrons. The molecule has 0 saturated carbocycles. The van der Waals surface area contributed by atoms with E-state index in [0.29, 0.717) is 25.7 Å². The van der Waals surface area contributed by atoms with Crippen molar-refractivity contribution in [1.82, 2.24) is 9.55 Å². The van der Waals surface area contributed by atoms with E-state index in [2.05, 4.69) is 31.0 Å². The number of carbonyl (C=O) groups excluding carboxylic acids is 1. The van der Waals surface area contributed by atoms with Crippen molar-refractivity contribution >= 4 is 11.6 Å². The van der Waals surface area contributed by atoms with Crippen LogP contribution < -0.4 is 5.32 Å². The van der Waals surface area contributed by atoms with Crippen LogP contribution in [0.5, 0.6) is 0 Å². The van der Waals surface area contributed by atoms with E-state index in [1.165, 1.54) is 12.1 Å². The van der Waals surface area contributed by atoms with Gasteiger partial charge in [0.25, 0.3) is 0 Å². The summed E-state index contributed by atoms with van der Waals surface area (Å²) in [5.74, 6) is 3.50. The number of anilines is 1. The maximum absolute atomic E-state index is 12.5. The van der Waals surface area contributed by atoms with Crippen LogP contribution >= 0.6 is 0 Å². The van der Waals surface area contributed by atoms with Gasteiger partial charge >= 0.3 is 0 Å². The van der Waals surface area contributed by atoms with Crippen LogP contribution in [-0.4, -0.2) is 21.1 Å². The number of hydrogen-bond acceptors (Lipinski definition) is 4. The maximum atomic E-state index is 12.5. The molecular formula is C21H23N5O. The summed E-state index contributed by atoms with van der Waals surface area (Å²) in [4.78, 5) is 17.1. The van der Waals surface area contributed by atoms with Gasteiger partial charge in [-0.3, -0.25) is 4.79 Å². The van der Waals surface area contributed by atoms with E-state index >= 15 is 0 Å². The summed E-state index contributed by atoms with van der Waals surface area (Å²) in [7, 11) is 0. The molecule has 1 aromatic heterocycles. The number of imidazole rings is 1. The number of carbonyl (C=O) groups is 1. The van der Waals surface area contributed by atoms with Gasteiger partial charge in [-0.25, -0.2) is 4.98 Å². The zero-order chi connectivity index (χ0) is 18.7. The minimum absolute atomic E-state index is 0.0368. The molecule has 0 atom stereocenters. The van der Waals surface area contributed by atoms with Gasteiger partial charge in [-0.05, 0) is 31.4 Å². The molecule has 0 spiro atoms. The minimum Gasteiger partial charge on any atom is -0.328 e. The van der Waals surface area contributed by atoms with Crippen molar-refractivity contribution in [2.24, 2.45) is 10.2 Å². The second kappa shape index (κ2) is 7.36. The number of benzene rings is 1. The molecule has 0 bridgehead atoms. The van der Waals surface area contributed by atoms with Gasteiger partial charge in [-0.1, -0.05) is 12.1 Å². The summed E-state index contributed by atoms with van der Waals surface area (Å²) >= 11 is 0. The Labute approximate surface area is 159 Å². The number of aryl methyl sites for hydroxylation is 1. The molecule has 2 aliphatic rings. The number of nitrogens with zero attached hydrogens (tertiary/aromatic N) is 4. The lowest BCUT2D eigenvalue weighted by atomic mass is 10.0. The van der Waals surface area contributed by atoms with E-state index in [9.17, 15) is 4.79 Å². The first-order chi connectivity index (χ1) is 13.2. The molecule has 6 heteroatoms. The predicted octanol–water partition coefficient (Wildman–Crippen LogP) is 4.18. The third-order valence-corrected chi connectivity index (χ3v) is 5.25. The van der Waals surface area contributed by atoms with E-state index in [0.717, 1.165) is 36.5 Å². The van der Waals surface area contributed by atoms with Crippen LogP contribution in [0.2, 0.25) is 0 Å². The standard InChI is InChI=1S/C21H23N5O/c1-2-3-12-21(24-25-21)13-11-19(27)23-18-10-5-4-9-17(18)20-22-15-16-8-6-7-14-26(16)20/h1,4-5,9-10,15H,3,6-8,11-14H2,(H,23,27). The van der Waals surface area contributed by atoms with Gasteiger partial charge in [0, 0.05) is 49.7 Å². The number of terminal acetylenes is 1. The van der Waals surface area contributed by atoms with Gasteiger partial charge in [0.15, 0.2) is 5.66 Å². The zero-order valence-electron chi connectivity index (χ0n) is 15.3. The normalized spacial score (nSPS) is 16.4. The van der Waals surface area contributed by atoms with Gasteiger partial charge in [0.05, 0.1) is 5.69 Å². The largest absolute Gasteiger partial charge is 0.328 e. The topological polar surface area (TPSA) is 71.6 Å². The first-order valence-electron chi connectivity index (χ1n) is 9.52.